The second kappa shape index (κ2) is 6.39. The van der Waals surface area contributed by atoms with Gasteiger partial charge in [-0.2, -0.15) is 10.1 Å². The third kappa shape index (κ3) is 2.92. The van der Waals surface area contributed by atoms with Gasteiger partial charge in [-0.05, 0) is 41.8 Å². The summed E-state index contributed by atoms with van der Waals surface area (Å²) < 4.78 is 2.94. The Morgan fingerprint density at radius 1 is 1.12 bits per heavy atom. The van der Waals surface area contributed by atoms with E-state index in [4.69, 9.17) is 23.2 Å². The van der Waals surface area contributed by atoms with Crippen molar-refractivity contribution in [1.29, 1.82) is 0 Å². The minimum atomic E-state index is 0.00200. The molecular weight excluding hydrogens is 411 g/mol. The van der Waals surface area contributed by atoms with E-state index >= 15 is 0 Å². The van der Waals surface area contributed by atoms with E-state index in [-0.39, 0.29) is 12.1 Å². The number of nitrogens with one attached hydrogen (secondary N) is 1. The van der Waals surface area contributed by atoms with Gasteiger partial charge in [0.2, 0.25) is 5.95 Å². The van der Waals surface area contributed by atoms with Gasteiger partial charge in [0.05, 0.1) is 12.1 Å². The van der Waals surface area contributed by atoms with E-state index < -0.39 is 0 Å². The average molecular weight is 424 g/mol. The van der Waals surface area contributed by atoms with Crippen LogP contribution in [0, 0.1) is 0 Å². The fraction of sp³-hybridized carbons (Fsp3) is 0.176. The highest BCUT2D eigenvalue weighted by Gasteiger charge is 2.31. The van der Waals surface area contributed by atoms with Crippen molar-refractivity contribution in [3.63, 3.8) is 0 Å². The molecule has 7 heteroatoms. The van der Waals surface area contributed by atoms with Crippen molar-refractivity contribution in [2.24, 2.45) is 0 Å². The van der Waals surface area contributed by atoms with Crippen LogP contribution in [-0.4, -0.2) is 14.8 Å². The second-order valence-electron chi connectivity index (χ2n) is 5.69. The average Bonchev–Trinajstić information content (AvgIpc) is 3.03. The Labute approximate surface area is 157 Å². The van der Waals surface area contributed by atoms with Crippen LogP contribution in [0.4, 0.5) is 5.95 Å². The van der Waals surface area contributed by atoms with Gasteiger partial charge in [-0.25, -0.2) is 4.68 Å². The molecule has 0 saturated heterocycles. The quantitative estimate of drug-likeness (QED) is 0.592. The largest absolute Gasteiger partial charge is 0.348 e. The van der Waals surface area contributed by atoms with E-state index in [0.717, 1.165) is 22.4 Å². The number of hydrogen-bond donors (Lipinski definition) is 1. The summed E-state index contributed by atoms with van der Waals surface area (Å²) in [6, 6.07) is 14.0. The first-order valence-electron chi connectivity index (χ1n) is 7.48. The number of hydrogen-bond acceptors (Lipinski definition) is 3. The molecule has 1 aliphatic rings. The number of rotatable bonds is 2. The first-order valence-corrected chi connectivity index (χ1v) is 9.03. The van der Waals surface area contributed by atoms with Gasteiger partial charge in [-0.3, -0.25) is 0 Å². The summed E-state index contributed by atoms with van der Waals surface area (Å²) in [7, 11) is 0. The SMILES string of the molecule is Clc1ccc([C@@H]2C[C@H](c3ccc(Br)cc3)Nc3ncnn32)c(Cl)c1. The normalized spacial score (nSPS) is 19.6. The van der Waals surface area contributed by atoms with Crippen molar-refractivity contribution >= 4 is 45.1 Å². The molecule has 4 rings (SSSR count). The highest BCUT2D eigenvalue weighted by atomic mass is 79.9. The summed E-state index contributed by atoms with van der Waals surface area (Å²) in [5, 5.41) is 9.08. The van der Waals surface area contributed by atoms with Crippen molar-refractivity contribution in [3.05, 3.63) is 74.4 Å². The predicted octanol–water partition coefficient (Wildman–Crippen LogP) is 5.49. The van der Waals surface area contributed by atoms with E-state index in [1.54, 1.807) is 12.4 Å². The summed E-state index contributed by atoms with van der Waals surface area (Å²) in [6.07, 6.45) is 2.38. The Morgan fingerprint density at radius 3 is 2.67 bits per heavy atom. The zero-order valence-corrected chi connectivity index (χ0v) is 15.6. The summed E-state index contributed by atoms with van der Waals surface area (Å²) in [5.74, 6) is 0.741. The third-order valence-electron chi connectivity index (χ3n) is 4.22. The minimum absolute atomic E-state index is 0.00200. The number of anilines is 1. The van der Waals surface area contributed by atoms with Gasteiger partial charge in [-0.1, -0.05) is 57.3 Å². The van der Waals surface area contributed by atoms with Crippen LogP contribution < -0.4 is 5.32 Å². The number of nitrogens with zero attached hydrogens (tertiary/aromatic N) is 3. The lowest BCUT2D eigenvalue weighted by molar-refractivity contribution is 0.431. The van der Waals surface area contributed by atoms with E-state index in [2.05, 4.69) is 43.5 Å². The van der Waals surface area contributed by atoms with Gasteiger partial charge in [0.25, 0.3) is 0 Å². The fourth-order valence-corrected chi connectivity index (χ4v) is 3.86. The molecule has 3 aromatic rings. The highest BCUT2D eigenvalue weighted by molar-refractivity contribution is 9.10. The van der Waals surface area contributed by atoms with Crippen LogP contribution in [-0.2, 0) is 0 Å². The lowest BCUT2D eigenvalue weighted by Gasteiger charge is -2.32. The molecule has 2 atom stereocenters. The zero-order valence-electron chi connectivity index (χ0n) is 12.5. The molecule has 0 radical (unpaired) electrons. The minimum Gasteiger partial charge on any atom is -0.348 e. The highest BCUT2D eigenvalue weighted by Crippen LogP contribution is 2.40. The smallest absolute Gasteiger partial charge is 0.222 e. The number of fused-ring (bicyclic) bond motifs is 1. The Hall–Kier alpha value is -1.56. The number of aromatic nitrogens is 3. The fourth-order valence-electron chi connectivity index (χ4n) is 3.06. The van der Waals surface area contributed by atoms with E-state index in [1.807, 2.05) is 28.9 Å². The Morgan fingerprint density at radius 2 is 1.92 bits per heavy atom. The third-order valence-corrected chi connectivity index (χ3v) is 5.32. The van der Waals surface area contributed by atoms with Crippen LogP contribution in [0.2, 0.25) is 10.0 Å². The topological polar surface area (TPSA) is 42.7 Å². The molecule has 2 aromatic carbocycles. The van der Waals surface area contributed by atoms with Gasteiger partial charge in [-0.15, -0.1) is 0 Å². The summed E-state index contributed by atoms with van der Waals surface area (Å²) in [5.41, 5.74) is 2.19. The van der Waals surface area contributed by atoms with Crippen LogP contribution in [0.1, 0.15) is 29.6 Å². The first-order chi connectivity index (χ1) is 11.6. The van der Waals surface area contributed by atoms with Gasteiger partial charge in [0.1, 0.15) is 6.33 Å². The molecule has 0 bridgehead atoms. The molecule has 24 heavy (non-hydrogen) atoms. The Bertz CT molecular complexity index is 879. The van der Waals surface area contributed by atoms with Crippen molar-refractivity contribution in [1.82, 2.24) is 14.8 Å². The molecule has 2 heterocycles. The Kier molecular flexibility index (Phi) is 4.24. The molecule has 0 amide bonds. The lowest BCUT2D eigenvalue weighted by Crippen LogP contribution is -2.28. The van der Waals surface area contributed by atoms with Crippen LogP contribution in [0.5, 0.6) is 0 Å². The van der Waals surface area contributed by atoms with Gasteiger partial charge < -0.3 is 5.32 Å². The molecule has 4 nitrogen and oxygen atoms in total. The molecule has 1 N–H and O–H groups in total. The molecule has 0 fully saturated rings. The van der Waals surface area contributed by atoms with E-state index in [0.29, 0.717) is 10.0 Å². The Balaban J connectivity index is 1.75. The molecule has 0 saturated carbocycles. The molecule has 0 unspecified atom stereocenters. The number of benzene rings is 2. The molecule has 122 valence electrons. The maximum atomic E-state index is 6.44. The standard InChI is InChI=1S/C17H13BrCl2N4/c18-11-3-1-10(2-4-11)15-8-16(24-17(23-15)21-9-22-24)13-6-5-12(19)7-14(13)20/h1-7,9,15-16H,8H2,(H,21,22,23)/t15-,16+/m1/s1. The van der Waals surface area contributed by atoms with Gasteiger partial charge >= 0.3 is 0 Å². The second-order valence-corrected chi connectivity index (χ2v) is 7.45. The van der Waals surface area contributed by atoms with E-state index in [9.17, 15) is 0 Å². The summed E-state index contributed by atoms with van der Waals surface area (Å²) in [4.78, 5) is 4.34. The van der Waals surface area contributed by atoms with Gasteiger partial charge in [0, 0.05) is 14.5 Å². The van der Waals surface area contributed by atoms with Crippen LogP contribution >= 0.6 is 39.1 Å². The lowest BCUT2D eigenvalue weighted by atomic mass is 9.93. The zero-order chi connectivity index (χ0) is 16.7. The first kappa shape index (κ1) is 15.9. The monoisotopic (exact) mass is 422 g/mol. The van der Waals surface area contributed by atoms with Crippen molar-refractivity contribution in [3.8, 4) is 0 Å². The molecular formula is C17H13BrCl2N4. The van der Waals surface area contributed by atoms with Gasteiger partial charge in [0.15, 0.2) is 0 Å². The van der Waals surface area contributed by atoms with E-state index in [1.165, 1.54) is 5.56 Å². The molecule has 0 aliphatic carbocycles. The van der Waals surface area contributed by atoms with Crippen molar-refractivity contribution < 1.29 is 0 Å². The molecule has 1 aromatic heterocycles. The molecule has 0 spiro atoms. The summed E-state index contributed by atoms with van der Waals surface area (Å²) >= 11 is 16.0. The maximum Gasteiger partial charge on any atom is 0.222 e. The summed E-state index contributed by atoms with van der Waals surface area (Å²) in [6.45, 7) is 0. The van der Waals surface area contributed by atoms with Crippen molar-refractivity contribution in [2.75, 3.05) is 5.32 Å². The maximum absolute atomic E-state index is 6.44. The van der Waals surface area contributed by atoms with Crippen LogP contribution in [0.25, 0.3) is 0 Å². The number of halogens is 3. The van der Waals surface area contributed by atoms with Crippen molar-refractivity contribution in [2.45, 2.75) is 18.5 Å². The predicted molar refractivity (Wildman–Crippen MR) is 99.7 cm³/mol. The molecule has 1 aliphatic heterocycles. The van der Waals surface area contributed by atoms with Crippen LogP contribution in [0.15, 0.2) is 53.3 Å². The van der Waals surface area contributed by atoms with Crippen LogP contribution in [0.3, 0.4) is 0 Å².